The Morgan fingerprint density at radius 3 is 2.52 bits per heavy atom. The SMILES string of the molecule is COc1cccc(NC(N)=NCc2cccc(NC(=O)C3CCC3)c2)c1.I. The van der Waals surface area contributed by atoms with E-state index >= 15 is 0 Å². The van der Waals surface area contributed by atoms with Crippen molar-refractivity contribution in [2.24, 2.45) is 16.6 Å². The van der Waals surface area contributed by atoms with Crippen LogP contribution in [0.3, 0.4) is 0 Å². The van der Waals surface area contributed by atoms with E-state index in [9.17, 15) is 4.79 Å². The number of amides is 1. The molecule has 27 heavy (non-hydrogen) atoms. The van der Waals surface area contributed by atoms with Crippen LogP contribution in [0.15, 0.2) is 53.5 Å². The third-order valence-electron chi connectivity index (χ3n) is 4.44. The van der Waals surface area contributed by atoms with Crippen LogP contribution in [-0.2, 0) is 11.3 Å². The van der Waals surface area contributed by atoms with Gasteiger partial charge in [0.25, 0.3) is 0 Å². The highest BCUT2D eigenvalue weighted by atomic mass is 127. The van der Waals surface area contributed by atoms with Gasteiger partial charge in [-0.3, -0.25) is 4.79 Å². The Labute approximate surface area is 176 Å². The van der Waals surface area contributed by atoms with Crippen molar-refractivity contribution in [1.29, 1.82) is 0 Å². The predicted molar refractivity (Wildman–Crippen MR) is 120 cm³/mol. The molecule has 7 heteroatoms. The topological polar surface area (TPSA) is 88.7 Å². The first-order valence-corrected chi connectivity index (χ1v) is 8.75. The summed E-state index contributed by atoms with van der Waals surface area (Å²) in [5, 5.41) is 6.02. The Morgan fingerprint density at radius 1 is 1.15 bits per heavy atom. The van der Waals surface area contributed by atoms with E-state index in [-0.39, 0.29) is 35.8 Å². The quantitative estimate of drug-likeness (QED) is 0.332. The molecule has 0 bridgehead atoms. The molecule has 0 unspecified atom stereocenters. The molecule has 4 N–H and O–H groups in total. The van der Waals surface area contributed by atoms with E-state index in [1.165, 1.54) is 0 Å². The first-order valence-electron chi connectivity index (χ1n) is 8.75. The smallest absolute Gasteiger partial charge is 0.227 e. The fourth-order valence-electron chi connectivity index (χ4n) is 2.73. The highest BCUT2D eigenvalue weighted by molar-refractivity contribution is 14.0. The van der Waals surface area contributed by atoms with Crippen molar-refractivity contribution in [2.75, 3.05) is 17.7 Å². The first-order chi connectivity index (χ1) is 12.6. The van der Waals surface area contributed by atoms with Crippen LogP contribution in [0.1, 0.15) is 24.8 Å². The van der Waals surface area contributed by atoms with Crippen molar-refractivity contribution in [2.45, 2.75) is 25.8 Å². The number of ether oxygens (including phenoxy) is 1. The van der Waals surface area contributed by atoms with Crippen molar-refractivity contribution in [3.63, 3.8) is 0 Å². The number of benzene rings is 2. The lowest BCUT2D eigenvalue weighted by Gasteiger charge is -2.24. The van der Waals surface area contributed by atoms with E-state index < -0.39 is 0 Å². The normalized spacial score (nSPS) is 13.9. The van der Waals surface area contributed by atoms with Crippen LogP contribution in [0.2, 0.25) is 0 Å². The summed E-state index contributed by atoms with van der Waals surface area (Å²) in [5.74, 6) is 1.34. The Kier molecular flexibility index (Phi) is 7.90. The Bertz CT molecular complexity index is 806. The first kappa shape index (κ1) is 21.0. The summed E-state index contributed by atoms with van der Waals surface area (Å²) in [4.78, 5) is 16.4. The zero-order valence-corrected chi connectivity index (χ0v) is 17.6. The molecule has 1 fully saturated rings. The monoisotopic (exact) mass is 480 g/mol. The molecule has 1 saturated carbocycles. The maximum absolute atomic E-state index is 12.0. The average molecular weight is 480 g/mol. The van der Waals surface area contributed by atoms with Crippen molar-refractivity contribution in [1.82, 2.24) is 0 Å². The Balaban J connectivity index is 0.00000261. The second-order valence-corrected chi connectivity index (χ2v) is 6.38. The molecule has 1 amide bonds. The minimum Gasteiger partial charge on any atom is -0.497 e. The minimum atomic E-state index is 0. The van der Waals surface area contributed by atoms with Gasteiger partial charge in [-0.1, -0.05) is 24.6 Å². The van der Waals surface area contributed by atoms with E-state index in [0.717, 1.165) is 42.0 Å². The number of hydrogen-bond acceptors (Lipinski definition) is 3. The molecule has 1 aliphatic carbocycles. The number of nitrogens with two attached hydrogens (primary N) is 1. The molecule has 2 aromatic carbocycles. The molecule has 3 rings (SSSR count). The maximum atomic E-state index is 12.0. The highest BCUT2D eigenvalue weighted by Crippen LogP contribution is 2.27. The second kappa shape index (κ2) is 10.1. The molecule has 0 heterocycles. The number of guanidine groups is 1. The Morgan fingerprint density at radius 2 is 1.85 bits per heavy atom. The molecule has 0 radical (unpaired) electrons. The van der Waals surface area contributed by atoms with Gasteiger partial charge in [-0.25, -0.2) is 4.99 Å². The molecule has 144 valence electrons. The van der Waals surface area contributed by atoms with Crippen LogP contribution in [0.25, 0.3) is 0 Å². The van der Waals surface area contributed by atoms with Crippen molar-refractivity contribution in [3.8, 4) is 5.75 Å². The van der Waals surface area contributed by atoms with Crippen LogP contribution in [0, 0.1) is 5.92 Å². The summed E-state index contributed by atoms with van der Waals surface area (Å²) in [7, 11) is 1.62. The number of nitrogens with one attached hydrogen (secondary N) is 2. The summed E-state index contributed by atoms with van der Waals surface area (Å²) in [5.41, 5.74) is 8.55. The summed E-state index contributed by atoms with van der Waals surface area (Å²) in [6.45, 7) is 0.427. The average Bonchev–Trinajstić information content (AvgIpc) is 2.59. The lowest BCUT2D eigenvalue weighted by Crippen LogP contribution is -2.28. The molecule has 0 spiro atoms. The van der Waals surface area contributed by atoms with Gasteiger partial charge < -0.3 is 21.1 Å². The fraction of sp³-hybridized carbons (Fsp3) is 0.300. The molecular formula is C20H25IN4O2. The summed E-state index contributed by atoms with van der Waals surface area (Å²) < 4.78 is 5.18. The zero-order valence-electron chi connectivity index (χ0n) is 15.3. The molecule has 6 nitrogen and oxygen atoms in total. The van der Waals surface area contributed by atoms with E-state index in [1.54, 1.807) is 7.11 Å². The number of anilines is 2. The van der Waals surface area contributed by atoms with Crippen molar-refractivity contribution < 1.29 is 9.53 Å². The molecule has 0 aromatic heterocycles. The van der Waals surface area contributed by atoms with Crippen LogP contribution in [0.4, 0.5) is 11.4 Å². The highest BCUT2D eigenvalue weighted by Gasteiger charge is 2.25. The number of hydrogen-bond donors (Lipinski definition) is 3. The minimum absolute atomic E-state index is 0. The van der Waals surface area contributed by atoms with Crippen LogP contribution < -0.4 is 21.1 Å². The van der Waals surface area contributed by atoms with Gasteiger partial charge >= 0.3 is 0 Å². The Hall–Kier alpha value is -2.29. The second-order valence-electron chi connectivity index (χ2n) is 6.38. The van der Waals surface area contributed by atoms with Gasteiger partial charge in [0, 0.05) is 23.4 Å². The van der Waals surface area contributed by atoms with Crippen LogP contribution >= 0.6 is 24.0 Å². The summed E-state index contributed by atoms with van der Waals surface area (Å²) in [6.07, 6.45) is 3.12. The predicted octanol–water partition coefficient (Wildman–Crippen LogP) is 3.98. The van der Waals surface area contributed by atoms with E-state index in [0.29, 0.717) is 12.5 Å². The maximum Gasteiger partial charge on any atom is 0.227 e. The van der Waals surface area contributed by atoms with Crippen molar-refractivity contribution >= 4 is 47.2 Å². The van der Waals surface area contributed by atoms with Gasteiger partial charge in [0.2, 0.25) is 5.91 Å². The van der Waals surface area contributed by atoms with Crippen LogP contribution in [0.5, 0.6) is 5.75 Å². The van der Waals surface area contributed by atoms with Crippen LogP contribution in [-0.4, -0.2) is 19.0 Å². The lowest BCUT2D eigenvalue weighted by molar-refractivity contribution is -0.122. The summed E-state index contributed by atoms with van der Waals surface area (Å²) >= 11 is 0. The number of aliphatic imine (C=N–C) groups is 1. The van der Waals surface area contributed by atoms with Gasteiger partial charge in [-0.2, -0.15) is 0 Å². The van der Waals surface area contributed by atoms with E-state index in [4.69, 9.17) is 10.5 Å². The number of nitrogens with zero attached hydrogens (tertiary/aromatic N) is 1. The largest absolute Gasteiger partial charge is 0.497 e. The van der Waals surface area contributed by atoms with Gasteiger partial charge in [0.15, 0.2) is 5.96 Å². The molecule has 0 saturated heterocycles. The summed E-state index contributed by atoms with van der Waals surface area (Å²) in [6, 6.07) is 15.2. The molecule has 2 aromatic rings. The third-order valence-corrected chi connectivity index (χ3v) is 4.44. The molecule has 0 aliphatic heterocycles. The number of rotatable bonds is 6. The number of methoxy groups -OCH3 is 1. The van der Waals surface area contributed by atoms with Gasteiger partial charge in [-0.05, 0) is 42.7 Å². The lowest BCUT2D eigenvalue weighted by atomic mass is 9.85. The third kappa shape index (κ3) is 6.13. The van der Waals surface area contributed by atoms with Crippen molar-refractivity contribution in [3.05, 3.63) is 54.1 Å². The van der Waals surface area contributed by atoms with E-state index in [1.807, 2.05) is 48.5 Å². The zero-order chi connectivity index (χ0) is 18.4. The number of halogens is 1. The number of carbonyl (C=O) groups is 1. The number of carbonyl (C=O) groups excluding carboxylic acids is 1. The molecular weight excluding hydrogens is 455 g/mol. The van der Waals surface area contributed by atoms with Gasteiger partial charge in [0.1, 0.15) is 5.75 Å². The van der Waals surface area contributed by atoms with Gasteiger partial charge in [0.05, 0.1) is 13.7 Å². The standard InChI is InChI=1S/C20H24N4O2.HI/c1-26-18-10-4-9-17(12-18)24-20(21)22-13-14-5-2-8-16(11-14)23-19(25)15-6-3-7-15;/h2,4-5,8-12,15H,3,6-7,13H2,1H3,(H,23,25)(H3,21,22,24);1H. The fourth-order valence-corrected chi connectivity index (χ4v) is 2.73. The molecule has 0 atom stereocenters. The van der Waals surface area contributed by atoms with Gasteiger partial charge in [-0.15, -0.1) is 24.0 Å². The molecule has 1 aliphatic rings. The van der Waals surface area contributed by atoms with E-state index in [2.05, 4.69) is 15.6 Å².